The van der Waals surface area contributed by atoms with Gasteiger partial charge in [-0.05, 0) is 50.3 Å². The predicted octanol–water partition coefficient (Wildman–Crippen LogP) is 3.75. The molecule has 10 heteroatoms. The van der Waals surface area contributed by atoms with Crippen LogP contribution < -0.4 is 10.3 Å². The molecule has 0 unspecified atom stereocenters. The van der Waals surface area contributed by atoms with E-state index in [1.165, 1.54) is 22.5 Å². The van der Waals surface area contributed by atoms with E-state index in [1.54, 1.807) is 18.5 Å². The number of aromatic nitrogens is 6. The van der Waals surface area contributed by atoms with Crippen LogP contribution in [0.3, 0.4) is 0 Å². The van der Waals surface area contributed by atoms with Crippen LogP contribution in [-0.2, 0) is 6.54 Å². The number of ether oxygens (including phenoxy) is 1. The third-order valence-corrected chi connectivity index (χ3v) is 6.14. The first-order chi connectivity index (χ1) is 17.5. The molecule has 0 aliphatic rings. The second-order valence-corrected chi connectivity index (χ2v) is 9.16. The second kappa shape index (κ2) is 10.7. The minimum atomic E-state index is -0.174. The molecule has 0 spiro atoms. The van der Waals surface area contributed by atoms with Crippen LogP contribution in [-0.4, -0.2) is 60.6 Å². The van der Waals surface area contributed by atoms with Gasteiger partial charge in [0.15, 0.2) is 11.6 Å². The third-order valence-electron chi connectivity index (χ3n) is 5.58. The lowest BCUT2D eigenvalue weighted by atomic mass is 10.1. The van der Waals surface area contributed by atoms with E-state index in [2.05, 4.69) is 28.7 Å². The highest BCUT2D eigenvalue weighted by atomic mass is 32.1. The van der Waals surface area contributed by atoms with E-state index in [9.17, 15) is 4.79 Å². The lowest BCUT2D eigenvalue weighted by Gasteiger charge is -2.10. The van der Waals surface area contributed by atoms with Gasteiger partial charge >= 0.3 is 0 Å². The summed E-state index contributed by atoms with van der Waals surface area (Å²) in [5, 5.41) is 4.60. The number of hydrogen-bond donors (Lipinski definition) is 0. The Balaban J connectivity index is 1.31. The average Bonchev–Trinajstić information content (AvgIpc) is 3.36. The lowest BCUT2D eigenvalue weighted by molar-refractivity contribution is 0.280. The van der Waals surface area contributed by atoms with Gasteiger partial charge in [0.05, 0.1) is 43.0 Å². The van der Waals surface area contributed by atoms with Crippen molar-refractivity contribution >= 4 is 22.8 Å². The predicted molar refractivity (Wildman–Crippen MR) is 140 cm³/mol. The third kappa shape index (κ3) is 5.61. The number of rotatable bonds is 9. The van der Waals surface area contributed by atoms with Crippen LogP contribution in [0.15, 0.2) is 71.8 Å². The van der Waals surface area contributed by atoms with Gasteiger partial charge in [-0.15, -0.1) is 0 Å². The summed E-state index contributed by atoms with van der Waals surface area (Å²) in [5.74, 6) is 1.24. The zero-order valence-electron chi connectivity index (χ0n) is 20.0. The summed E-state index contributed by atoms with van der Waals surface area (Å²) in [6, 6.07) is 16.9. The maximum atomic E-state index is 12.6. The minimum absolute atomic E-state index is 0.174. The number of benzene rings is 2. The van der Waals surface area contributed by atoms with Crippen LogP contribution in [0.2, 0.25) is 0 Å². The van der Waals surface area contributed by atoms with Crippen molar-refractivity contribution in [2.24, 2.45) is 0 Å². The van der Waals surface area contributed by atoms with E-state index < -0.39 is 0 Å². The SMILES string of the molecule is CN(C)CCCOc1cnc(-c2cccc(Cn3nc(-c4ccc5nsnc5c4)ccc3=O)c2)nc1. The number of hydrogen-bond acceptors (Lipinski definition) is 9. The van der Waals surface area contributed by atoms with Crippen LogP contribution in [0.1, 0.15) is 12.0 Å². The molecule has 0 bridgehead atoms. The summed E-state index contributed by atoms with van der Waals surface area (Å²) in [6.45, 7) is 1.91. The smallest absolute Gasteiger partial charge is 0.267 e. The van der Waals surface area contributed by atoms with Crippen molar-refractivity contribution in [1.82, 2.24) is 33.4 Å². The standard InChI is InChI=1S/C26H25N7O2S/c1-32(2)11-4-12-35-21-15-27-26(28-16-21)20-6-3-5-18(13-20)17-33-25(34)10-9-22(29-33)19-7-8-23-24(14-19)31-36-30-23/h3,5-10,13-16H,4,11-12,17H2,1-2H3. The molecule has 5 aromatic rings. The molecular weight excluding hydrogens is 474 g/mol. The summed E-state index contributed by atoms with van der Waals surface area (Å²) in [5.41, 5.74) is 4.85. The molecule has 5 rings (SSSR count). The van der Waals surface area contributed by atoms with Gasteiger partial charge in [0.2, 0.25) is 0 Å². The quantitative estimate of drug-likeness (QED) is 0.283. The molecule has 0 atom stereocenters. The van der Waals surface area contributed by atoms with Crippen molar-refractivity contribution in [3.63, 3.8) is 0 Å². The Morgan fingerprint density at radius 2 is 1.78 bits per heavy atom. The second-order valence-electron chi connectivity index (χ2n) is 8.63. The topological polar surface area (TPSA) is 98.9 Å². The first kappa shape index (κ1) is 23.7. The summed E-state index contributed by atoms with van der Waals surface area (Å²) in [6.07, 6.45) is 4.31. The molecule has 36 heavy (non-hydrogen) atoms. The zero-order valence-corrected chi connectivity index (χ0v) is 20.9. The van der Waals surface area contributed by atoms with Crippen LogP contribution in [0.25, 0.3) is 33.7 Å². The molecule has 182 valence electrons. The Morgan fingerprint density at radius 1 is 0.944 bits per heavy atom. The summed E-state index contributed by atoms with van der Waals surface area (Å²) >= 11 is 1.18. The van der Waals surface area contributed by atoms with Gasteiger partial charge in [-0.2, -0.15) is 13.8 Å². The van der Waals surface area contributed by atoms with Crippen LogP contribution in [0.5, 0.6) is 5.75 Å². The fourth-order valence-electron chi connectivity index (χ4n) is 3.75. The van der Waals surface area contributed by atoms with Gasteiger partial charge in [-0.1, -0.05) is 24.3 Å². The van der Waals surface area contributed by atoms with Crippen molar-refractivity contribution in [1.29, 1.82) is 0 Å². The molecule has 0 saturated carbocycles. The van der Waals surface area contributed by atoms with E-state index >= 15 is 0 Å². The normalized spacial score (nSPS) is 11.3. The molecule has 0 saturated heterocycles. The minimum Gasteiger partial charge on any atom is -0.490 e. The van der Waals surface area contributed by atoms with E-state index in [0.717, 1.165) is 40.7 Å². The molecule has 0 amide bonds. The van der Waals surface area contributed by atoms with Crippen LogP contribution in [0, 0.1) is 0 Å². The molecule has 0 N–H and O–H groups in total. The highest BCUT2D eigenvalue weighted by molar-refractivity contribution is 7.00. The average molecular weight is 500 g/mol. The van der Waals surface area contributed by atoms with Crippen molar-refractivity contribution in [2.75, 3.05) is 27.2 Å². The molecule has 0 aliphatic carbocycles. The van der Waals surface area contributed by atoms with Gasteiger partial charge in [0, 0.05) is 23.7 Å². The number of fused-ring (bicyclic) bond motifs is 1. The van der Waals surface area contributed by atoms with Crippen molar-refractivity contribution in [3.8, 4) is 28.4 Å². The molecule has 9 nitrogen and oxygen atoms in total. The summed E-state index contributed by atoms with van der Waals surface area (Å²) < 4.78 is 15.7. The van der Waals surface area contributed by atoms with Crippen LogP contribution >= 0.6 is 11.7 Å². The molecular formula is C26H25N7O2S. The van der Waals surface area contributed by atoms with E-state index in [1.807, 2.05) is 56.6 Å². The largest absolute Gasteiger partial charge is 0.490 e. The van der Waals surface area contributed by atoms with E-state index in [0.29, 0.717) is 30.4 Å². The summed E-state index contributed by atoms with van der Waals surface area (Å²) in [7, 11) is 4.08. The maximum absolute atomic E-state index is 12.6. The van der Waals surface area contributed by atoms with Gasteiger partial charge in [-0.3, -0.25) is 4.79 Å². The molecule has 3 heterocycles. The fraction of sp³-hybridized carbons (Fsp3) is 0.231. The first-order valence-corrected chi connectivity index (χ1v) is 12.3. The van der Waals surface area contributed by atoms with Gasteiger partial charge in [-0.25, -0.2) is 14.6 Å². The molecule has 0 aliphatic heterocycles. The van der Waals surface area contributed by atoms with E-state index in [4.69, 9.17) is 4.74 Å². The van der Waals surface area contributed by atoms with Crippen molar-refractivity contribution < 1.29 is 4.74 Å². The van der Waals surface area contributed by atoms with Crippen molar-refractivity contribution in [2.45, 2.75) is 13.0 Å². The monoisotopic (exact) mass is 499 g/mol. The molecule has 3 aromatic heterocycles. The van der Waals surface area contributed by atoms with Gasteiger partial charge in [0.25, 0.3) is 5.56 Å². The Kier molecular flexibility index (Phi) is 7.06. The van der Waals surface area contributed by atoms with Gasteiger partial charge < -0.3 is 9.64 Å². The Labute approximate surface area is 212 Å². The number of nitrogens with zero attached hydrogens (tertiary/aromatic N) is 7. The Morgan fingerprint density at radius 3 is 2.61 bits per heavy atom. The molecule has 2 aromatic carbocycles. The highest BCUT2D eigenvalue weighted by Crippen LogP contribution is 2.22. The Hall–Kier alpha value is -4.02. The summed E-state index contributed by atoms with van der Waals surface area (Å²) in [4.78, 5) is 23.6. The van der Waals surface area contributed by atoms with E-state index in [-0.39, 0.29) is 5.56 Å². The highest BCUT2D eigenvalue weighted by Gasteiger charge is 2.09. The Bertz CT molecular complexity index is 1530. The fourth-order valence-corrected chi connectivity index (χ4v) is 4.27. The maximum Gasteiger partial charge on any atom is 0.267 e. The first-order valence-electron chi connectivity index (χ1n) is 11.5. The molecule has 0 radical (unpaired) electrons. The van der Waals surface area contributed by atoms with Gasteiger partial charge in [0.1, 0.15) is 11.0 Å². The lowest BCUT2D eigenvalue weighted by Crippen LogP contribution is -2.22. The van der Waals surface area contributed by atoms with Crippen molar-refractivity contribution in [3.05, 3.63) is 82.9 Å². The zero-order chi connectivity index (χ0) is 24.9. The van der Waals surface area contributed by atoms with Crippen LogP contribution in [0.4, 0.5) is 0 Å². The molecule has 0 fully saturated rings.